The van der Waals surface area contributed by atoms with Crippen molar-refractivity contribution in [2.75, 3.05) is 17.7 Å². The van der Waals surface area contributed by atoms with Crippen molar-refractivity contribution in [3.05, 3.63) is 178 Å². The SMILES string of the molecule is CCC(Sc1cccc(NC(=O)/C(=C\c2ccc(-c3ccccc3)cc2)NC(=O)c2ccccc2)c1)C(=O)Nc1sc2c(c1C(=O)OC)CCC(c1ccccc1)C2. The lowest BCUT2D eigenvalue weighted by atomic mass is 9.83. The topological polar surface area (TPSA) is 114 Å². The molecule has 1 aromatic heterocycles. The number of carbonyl (C=O) groups excluding carboxylic acids is 4. The third-order valence-electron chi connectivity index (χ3n) is 10.1. The Morgan fingerprint density at radius 3 is 2.17 bits per heavy atom. The van der Waals surface area contributed by atoms with Crippen molar-refractivity contribution < 1.29 is 23.9 Å². The van der Waals surface area contributed by atoms with Gasteiger partial charge in [0.25, 0.3) is 11.8 Å². The number of thiophene rings is 1. The number of thioether (sulfide) groups is 1. The van der Waals surface area contributed by atoms with Crippen molar-refractivity contribution in [3.8, 4) is 11.1 Å². The van der Waals surface area contributed by atoms with Crippen molar-refractivity contribution >= 4 is 63.6 Å². The van der Waals surface area contributed by atoms with Crippen molar-refractivity contribution in [3.63, 3.8) is 0 Å². The average Bonchev–Trinajstić information content (AvgIpc) is 3.63. The Labute approximate surface area is 346 Å². The number of methoxy groups -OCH3 is 1. The highest BCUT2D eigenvalue weighted by Crippen LogP contribution is 2.43. The molecule has 10 heteroatoms. The molecule has 1 aliphatic carbocycles. The molecule has 1 heterocycles. The van der Waals surface area contributed by atoms with Crippen LogP contribution in [0.15, 0.2) is 150 Å². The number of rotatable bonds is 13. The zero-order valence-electron chi connectivity index (χ0n) is 32.2. The summed E-state index contributed by atoms with van der Waals surface area (Å²) in [6.45, 7) is 1.94. The maximum Gasteiger partial charge on any atom is 0.341 e. The van der Waals surface area contributed by atoms with Gasteiger partial charge >= 0.3 is 5.97 Å². The van der Waals surface area contributed by atoms with Gasteiger partial charge < -0.3 is 20.7 Å². The summed E-state index contributed by atoms with van der Waals surface area (Å²) >= 11 is 2.83. The second-order valence-corrected chi connectivity index (χ2v) is 16.3. The van der Waals surface area contributed by atoms with Gasteiger partial charge in [0.05, 0.1) is 17.9 Å². The van der Waals surface area contributed by atoms with Gasteiger partial charge in [-0.3, -0.25) is 14.4 Å². The Bertz CT molecular complexity index is 2430. The summed E-state index contributed by atoms with van der Waals surface area (Å²) in [6.07, 6.45) is 4.59. The lowest BCUT2D eigenvalue weighted by Gasteiger charge is -2.22. The van der Waals surface area contributed by atoms with Crippen molar-refractivity contribution in [2.24, 2.45) is 0 Å². The maximum atomic E-state index is 13.9. The van der Waals surface area contributed by atoms with Gasteiger partial charge in [0.2, 0.25) is 5.91 Å². The summed E-state index contributed by atoms with van der Waals surface area (Å²) < 4.78 is 5.19. The molecule has 3 N–H and O–H groups in total. The number of ether oxygens (including phenoxy) is 1. The molecule has 0 saturated carbocycles. The number of hydrogen-bond acceptors (Lipinski definition) is 7. The minimum absolute atomic E-state index is 0.0697. The van der Waals surface area contributed by atoms with E-state index in [0.717, 1.165) is 51.3 Å². The molecule has 6 aromatic rings. The quantitative estimate of drug-likeness (QED) is 0.0609. The first-order valence-electron chi connectivity index (χ1n) is 19.2. The second kappa shape index (κ2) is 18.8. The molecule has 0 spiro atoms. The average molecular weight is 806 g/mol. The minimum atomic E-state index is -0.505. The highest BCUT2D eigenvalue weighted by molar-refractivity contribution is 8.00. The van der Waals surface area contributed by atoms with Gasteiger partial charge in [-0.15, -0.1) is 23.1 Å². The largest absolute Gasteiger partial charge is 0.465 e. The zero-order valence-corrected chi connectivity index (χ0v) is 33.8. The molecular weight excluding hydrogens is 763 g/mol. The number of esters is 1. The van der Waals surface area contributed by atoms with Crippen LogP contribution < -0.4 is 16.0 Å². The molecule has 5 aromatic carbocycles. The summed E-state index contributed by atoms with van der Waals surface area (Å²) in [5, 5.41) is 8.85. The molecule has 0 fully saturated rings. The Balaban J connectivity index is 1.07. The summed E-state index contributed by atoms with van der Waals surface area (Å²) in [5.41, 5.74) is 6.49. The molecule has 8 nitrogen and oxygen atoms in total. The molecule has 0 bridgehead atoms. The number of benzene rings is 5. The molecular formula is C48H43N3O5S2. The van der Waals surface area contributed by atoms with Crippen LogP contribution in [0.2, 0.25) is 0 Å². The first-order chi connectivity index (χ1) is 28.3. The molecule has 7 rings (SSSR count). The Kier molecular flexibility index (Phi) is 13.0. The van der Waals surface area contributed by atoms with E-state index in [1.165, 1.54) is 35.8 Å². The Hall–Kier alpha value is -6.23. The van der Waals surface area contributed by atoms with Crippen LogP contribution in [0.3, 0.4) is 0 Å². The first-order valence-corrected chi connectivity index (χ1v) is 20.9. The van der Waals surface area contributed by atoms with Crippen LogP contribution in [-0.2, 0) is 27.2 Å². The molecule has 2 atom stereocenters. The van der Waals surface area contributed by atoms with E-state index in [9.17, 15) is 19.2 Å². The molecule has 292 valence electrons. The van der Waals surface area contributed by atoms with Gasteiger partial charge in [0.15, 0.2) is 0 Å². The van der Waals surface area contributed by atoms with E-state index in [2.05, 4.69) is 28.1 Å². The summed E-state index contributed by atoms with van der Waals surface area (Å²) in [7, 11) is 1.36. The highest BCUT2D eigenvalue weighted by atomic mass is 32.2. The van der Waals surface area contributed by atoms with E-state index in [1.54, 1.807) is 42.5 Å². The summed E-state index contributed by atoms with van der Waals surface area (Å²) in [4.78, 5) is 55.9. The van der Waals surface area contributed by atoms with Gasteiger partial charge in [-0.25, -0.2) is 4.79 Å². The van der Waals surface area contributed by atoms with Gasteiger partial charge in [-0.2, -0.15) is 0 Å². The number of nitrogens with one attached hydrogen (secondary N) is 3. The van der Waals surface area contributed by atoms with Crippen molar-refractivity contribution in [2.45, 2.75) is 48.7 Å². The highest BCUT2D eigenvalue weighted by Gasteiger charge is 2.32. The molecule has 0 aliphatic heterocycles. The van der Waals surface area contributed by atoms with E-state index in [1.807, 2.05) is 97.9 Å². The number of fused-ring (bicyclic) bond motifs is 1. The van der Waals surface area contributed by atoms with E-state index < -0.39 is 23.0 Å². The molecule has 0 saturated heterocycles. The molecule has 1 aliphatic rings. The lowest BCUT2D eigenvalue weighted by molar-refractivity contribution is -0.116. The third-order valence-corrected chi connectivity index (χ3v) is 12.6. The fraction of sp³-hybridized carbons (Fsp3) is 0.167. The molecule has 3 amide bonds. The van der Waals surface area contributed by atoms with Gasteiger partial charge in [-0.1, -0.05) is 116 Å². The monoisotopic (exact) mass is 805 g/mol. The smallest absolute Gasteiger partial charge is 0.341 e. The number of anilines is 2. The van der Waals surface area contributed by atoms with Crippen molar-refractivity contribution in [1.29, 1.82) is 0 Å². The second-order valence-electron chi connectivity index (χ2n) is 13.9. The standard InChI is InChI=1S/C48H43N3O5S2/c1-3-41(46(54)51-47-43(48(55)56-2)39-27-26-36(29-42(39)58-47)33-16-9-5-10-17-33)57-38-21-13-20-37(30-38)49-45(53)40(50-44(52)35-18-11-6-12-19-35)28-31-22-24-34(25-23-31)32-14-7-4-8-15-32/h4-25,28,30,36,41H,3,26-27,29H2,1-2H3,(H,49,53)(H,50,52)(H,51,54)/b40-28+. The van der Waals surface area contributed by atoms with Crippen molar-refractivity contribution in [1.82, 2.24) is 5.32 Å². The Morgan fingerprint density at radius 1 is 0.810 bits per heavy atom. The van der Waals surface area contributed by atoms with Crippen LogP contribution in [0.4, 0.5) is 10.7 Å². The fourth-order valence-corrected chi connectivity index (χ4v) is 9.37. The van der Waals surface area contributed by atoms with Crippen LogP contribution in [0.25, 0.3) is 17.2 Å². The van der Waals surface area contributed by atoms with Crippen LogP contribution in [0, 0.1) is 0 Å². The molecule has 0 radical (unpaired) electrons. The predicted molar refractivity (Wildman–Crippen MR) is 234 cm³/mol. The van der Waals surface area contributed by atoms with Crippen LogP contribution in [0.1, 0.15) is 68.0 Å². The molecule has 2 unspecified atom stereocenters. The maximum absolute atomic E-state index is 13.9. The number of hydrogen-bond donors (Lipinski definition) is 3. The lowest BCUT2D eigenvalue weighted by Crippen LogP contribution is -2.30. The minimum Gasteiger partial charge on any atom is -0.465 e. The van der Waals surface area contributed by atoms with Gasteiger partial charge in [-0.05, 0) is 95.8 Å². The van der Waals surface area contributed by atoms with Gasteiger partial charge in [0, 0.05) is 21.0 Å². The number of amides is 3. The molecule has 58 heavy (non-hydrogen) atoms. The van der Waals surface area contributed by atoms with E-state index in [-0.39, 0.29) is 11.6 Å². The van der Waals surface area contributed by atoms with Crippen LogP contribution in [0.5, 0.6) is 0 Å². The first kappa shape index (κ1) is 40.0. The van der Waals surface area contributed by atoms with Crippen LogP contribution >= 0.6 is 23.1 Å². The van der Waals surface area contributed by atoms with Gasteiger partial charge in [0.1, 0.15) is 10.7 Å². The fourth-order valence-electron chi connectivity index (χ4n) is 7.04. The van der Waals surface area contributed by atoms with Crippen LogP contribution in [-0.4, -0.2) is 36.1 Å². The van der Waals surface area contributed by atoms with E-state index in [0.29, 0.717) is 34.2 Å². The third kappa shape index (κ3) is 9.65. The normalized spacial score (nSPS) is 14.1. The van der Waals surface area contributed by atoms with E-state index >= 15 is 0 Å². The zero-order chi connectivity index (χ0) is 40.4. The number of carbonyl (C=O) groups is 4. The summed E-state index contributed by atoms with van der Waals surface area (Å²) in [6, 6.07) is 44.1. The summed E-state index contributed by atoms with van der Waals surface area (Å²) in [5.74, 6) is -1.26. The predicted octanol–water partition coefficient (Wildman–Crippen LogP) is 10.4. The Morgan fingerprint density at radius 2 is 1.48 bits per heavy atom. The van der Waals surface area contributed by atoms with E-state index in [4.69, 9.17) is 4.74 Å².